The summed E-state index contributed by atoms with van der Waals surface area (Å²) in [5.74, 6) is 0.637. The Labute approximate surface area is 103 Å². The highest BCUT2D eigenvalue weighted by Crippen LogP contribution is 2.20. The van der Waals surface area contributed by atoms with Crippen LogP contribution in [-0.4, -0.2) is 4.98 Å². The first kappa shape index (κ1) is 11.2. The Morgan fingerprint density at radius 3 is 2.94 bits per heavy atom. The molecule has 0 saturated heterocycles. The second-order valence-corrected chi connectivity index (χ2v) is 4.64. The quantitative estimate of drug-likeness (QED) is 0.826. The summed E-state index contributed by atoms with van der Waals surface area (Å²) in [5, 5.41) is 7.86. The van der Waals surface area contributed by atoms with E-state index in [1.54, 1.807) is 23.5 Å². The monoisotopic (exact) mass is 253 g/mol. The van der Waals surface area contributed by atoms with Crippen molar-refractivity contribution in [3.63, 3.8) is 0 Å². The molecule has 16 heavy (non-hydrogen) atoms. The van der Waals surface area contributed by atoms with Gasteiger partial charge in [0.05, 0.1) is 5.69 Å². The van der Waals surface area contributed by atoms with E-state index in [0.717, 1.165) is 0 Å². The van der Waals surface area contributed by atoms with Crippen LogP contribution in [0.5, 0.6) is 0 Å². The first-order valence-electron chi connectivity index (χ1n) is 4.84. The Balaban J connectivity index is 2.10. The fraction of sp³-hybridized carbons (Fsp3) is 0.182. The third-order valence-corrected chi connectivity index (χ3v) is 3.42. The molecule has 0 radical (unpaired) electrons. The fourth-order valence-corrected chi connectivity index (χ4v) is 2.34. The van der Waals surface area contributed by atoms with E-state index < -0.39 is 0 Å². The molecule has 0 unspecified atom stereocenters. The van der Waals surface area contributed by atoms with Crippen LogP contribution < -0.4 is 11.1 Å². The summed E-state index contributed by atoms with van der Waals surface area (Å²) in [6.07, 6.45) is 0. The average molecular weight is 254 g/mol. The highest BCUT2D eigenvalue weighted by molar-refractivity contribution is 7.08. The maximum atomic E-state index is 5.80. The highest BCUT2D eigenvalue weighted by Gasteiger charge is 2.03. The molecule has 0 saturated carbocycles. The molecule has 2 heterocycles. The second kappa shape index (κ2) is 4.72. The molecule has 3 N–H and O–H groups in total. The molecule has 0 atom stereocenters. The second-order valence-electron chi connectivity index (χ2n) is 3.51. The van der Waals surface area contributed by atoms with Gasteiger partial charge in [-0.1, -0.05) is 11.6 Å². The lowest BCUT2D eigenvalue weighted by Gasteiger charge is -2.08. The van der Waals surface area contributed by atoms with Gasteiger partial charge < -0.3 is 11.1 Å². The molecule has 5 heteroatoms. The van der Waals surface area contributed by atoms with E-state index in [2.05, 4.69) is 28.0 Å². The summed E-state index contributed by atoms with van der Waals surface area (Å²) in [6, 6.07) is 3.43. The Morgan fingerprint density at radius 2 is 2.25 bits per heavy atom. The first-order valence-corrected chi connectivity index (χ1v) is 6.16. The Kier molecular flexibility index (Phi) is 3.31. The van der Waals surface area contributed by atoms with Gasteiger partial charge in [0, 0.05) is 6.54 Å². The topological polar surface area (TPSA) is 50.9 Å². The van der Waals surface area contributed by atoms with Crippen molar-refractivity contribution in [1.29, 1.82) is 0 Å². The van der Waals surface area contributed by atoms with Crippen molar-refractivity contribution in [1.82, 2.24) is 4.98 Å². The van der Waals surface area contributed by atoms with Crippen molar-refractivity contribution in [3.05, 3.63) is 39.2 Å². The van der Waals surface area contributed by atoms with Gasteiger partial charge in [-0.2, -0.15) is 11.3 Å². The number of pyridine rings is 1. The van der Waals surface area contributed by atoms with Crippen molar-refractivity contribution in [2.24, 2.45) is 0 Å². The van der Waals surface area contributed by atoms with E-state index in [0.29, 0.717) is 23.2 Å². The number of hydrogen-bond acceptors (Lipinski definition) is 4. The van der Waals surface area contributed by atoms with Crippen LogP contribution in [-0.2, 0) is 6.54 Å². The molecular formula is C11H12ClN3S. The van der Waals surface area contributed by atoms with Gasteiger partial charge in [-0.25, -0.2) is 4.98 Å². The van der Waals surface area contributed by atoms with Gasteiger partial charge in [-0.3, -0.25) is 0 Å². The van der Waals surface area contributed by atoms with E-state index in [1.807, 2.05) is 0 Å². The van der Waals surface area contributed by atoms with Crippen molar-refractivity contribution >= 4 is 34.4 Å². The minimum absolute atomic E-state index is 0.443. The van der Waals surface area contributed by atoms with Crippen molar-refractivity contribution in [2.75, 3.05) is 11.1 Å². The Morgan fingerprint density at radius 1 is 1.44 bits per heavy atom. The predicted octanol–water partition coefficient (Wildman–Crippen LogP) is 3.30. The molecule has 2 rings (SSSR count). The van der Waals surface area contributed by atoms with Gasteiger partial charge in [-0.15, -0.1) is 0 Å². The maximum absolute atomic E-state index is 5.80. The summed E-state index contributed by atoms with van der Waals surface area (Å²) in [7, 11) is 0. The van der Waals surface area contributed by atoms with Gasteiger partial charge in [0.15, 0.2) is 5.82 Å². The molecule has 0 aliphatic rings. The summed E-state index contributed by atoms with van der Waals surface area (Å²) in [5.41, 5.74) is 8.93. The lowest BCUT2D eigenvalue weighted by atomic mass is 10.2. The van der Waals surface area contributed by atoms with Gasteiger partial charge in [0.25, 0.3) is 0 Å². The molecule has 84 valence electrons. The number of anilines is 2. The third-order valence-electron chi connectivity index (χ3n) is 2.30. The number of hydrogen-bond donors (Lipinski definition) is 2. The molecule has 0 aliphatic heterocycles. The number of aryl methyl sites for hydroxylation is 1. The standard InChI is InChI=1S/C11H12ClN3S/c1-7-5-16-6-8(7)4-14-11-9(13)2-3-10(12)15-11/h2-3,5-6H,4,13H2,1H3,(H,14,15). The van der Waals surface area contributed by atoms with Crippen LogP contribution in [0.25, 0.3) is 0 Å². The van der Waals surface area contributed by atoms with Gasteiger partial charge >= 0.3 is 0 Å². The first-order chi connectivity index (χ1) is 7.66. The zero-order valence-corrected chi connectivity index (χ0v) is 10.4. The van der Waals surface area contributed by atoms with Crippen LogP contribution in [0.1, 0.15) is 11.1 Å². The zero-order chi connectivity index (χ0) is 11.5. The molecular weight excluding hydrogens is 242 g/mol. The molecule has 2 aromatic rings. The molecule has 0 fully saturated rings. The molecule has 0 aromatic carbocycles. The minimum Gasteiger partial charge on any atom is -0.396 e. The van der Waals surface area contributed by atoms with Crippen molar-refractivity contribution in [3.8, 4) is 0 Å². The fourth-order valence-electron chi connectivity index (χ4n) is 1.33. The SMILES string of the molecule is Cc1cscc1CNc1nc(Cl)ccc1N. The zero-order valence-electron chi connectivity index (χ0n) is 8.83. The normalized spacial score (nSPS) is 10.4. The highest BCUT2D eigenvalue weighted by atomic mass is 35.5. The number of nitrogens with zero attached hydrogens (tertiary/aromatic N) is 1. The van der Waals surface area contributed by atoms with Gasteiger partial charge in [-0.05, 0) is 40.9 Å². The summed E-state index contributed by atoms with van der Waals surface area (Å²) in [6.45, 7) is 2.80. The molecule has 2 aromatic heterocycles. The van der Waals surface area contributed by atoms with Crippen LogP contribution in [0, 0.1) is 6.92 Å². The number of nitrogens with one attached hydrogen (secondary N) is 1. The smallest absolute Gasteiger partial charge is 0.151 e. The predicted molar refractivity (Wildman–Crippen MR) is 70.0 cm³/mol. The number of nitrogen functional groups attached to an aromatic ring is 1. The minimum atomic E-state index is 0.443. The molecule has 0 bridgehead atoms. The van der Waals surface area contributed by atoms with E-state index in [4.69, 9.17) is 17.3 Å². The molecule has 3 nitrogen and oxygen atoms in total. The summed E-state index contributed by atoms with van der Waals surface area (Å²) >= 11 is 7.50. The van der Waals surface area contributed by atoms with E-state index >= 15 is 0 Å². The van der Waals surface area contributed by atoms with Crippen molar-refractivity contribution < 1.29 is 0 Å². The van der Waals surface area contributed by atoms with Crippen LogP contribution in [0.4, 0.5) is 11.5 Å². The van der Waals surface area contributed by atoms with Crippen LogP contribution in [0.2, 0.25) is 5.15 Å². The maximum Gasteiger partial charge on any atom is 0.151 e. The van der Waals surface area contributed by atoms with E-state index in [-0.39, 0.29) is 0 Å². The number of halogens is 1. The van der Waals surface area contributed by atoms with Crippen LogP contribution >= 0.6 is 22.9 Å². The van der Waals surface area contributed by atoms with Gasteiger partial charge in [0.1, 0.15) is 5.15 Å². The Hall–Kier alpha value is -1.26. The Bertz CT molecular complexity index is 496. The number of thiophene rings is 1. The summed E-state index contributed by atoms with van der Waals surface area (Å²) < 4.78 is 0. The van der Waals surface area contributed by atoms with E-state index in [9.17, 15) is 0 Å². The number of aromatic nitrogens is 1. The van der Waals surface area contributed by atoms with E-state index in [1.165, 1.54) is 11.1 Å². The van der Waals surface area contributed by atoms with Crippen molar-refractivity contribution in [2.45, 2.75) is 13.5 Å². The average Bonchev–Trinajstić information content (AvgIpc) is 2.66. The largest absolute Gasteiger partial charge is 0.396 e. The van der Waals surface area contributed by atoms with Gasteiger partial charge in [0.2, 0.25) is 0 Å². The lowest BCUT2D eigenvalue weighted by Crippen LogP contribution is -2.04. The number of rotatable bonds is 3. The molecule has 0 spiro atoms. The number of nitrogens with two attached hydrogens (primary N) is 1. The lowest BCUT2D eigenvalue weighted by molar-refractivity contribution is 1.11. The van der Waals surface area contributed by atoms with Crippen LogP contribution in [0.15, 0.2) is 22.9 Å². The summed E-state index contributed by atoms with van der Waals surface area (Å²) in [4.78, 5) is 4.13. The molecule has 0 amide bonds. The third kappa shape index (κ3) is 2.46. The molecule has 0 aliphatic carbocycles. The van der Waals surface area contributed by atoms with Crippen LogP contribution in [0.3, 0.4) is 0 Å².